The van der Waals surface area contributed by atoms with Gasteiger partial charge in [0.25, 0.3) is 5.91 Å². The predicted octanol–water partition coefficient (Wildman–Crippen LogP) is 3.52. The van der Waals surface area contributed by atoms with Crippen LogP contribution in [0.2, 0.25) is 0 Å². The largest absolute Gasteiger partial charge is 0.484 e. The van der Waals surface area contributed by atoms with Crippen molar-refractivity contribution >= 4 is 15.9 Å². The number of sulfonamides is 1. The summed E-state index contributed by atoms with van der Waals surface area (Å²) >= 11 is 0. The van der Waals surface area contributed by atoms with Crippen molar-refractivity contribution in [3.63, 3.8) is 0 Å². The van der Waals surface area contributed by atoms with Crippen molar-refractivity contribution in [2.75, 3.05) is 6.61 Å². The van der Waals surface area contributed by atoms with E-state index in [1.165, 1.54) is 31.4 Å². The molecular formula is C21H32N2O4S. The first kappa shape index (κ1) is 21.1. The molecule has 2 aliphatic rings. The quantitative estimate of drug-likeness (QED) is 0.676. The van der Waals surface area contributed by atoms with Gasteiger partial charge in [-0.2, -0.15) is 0 Å². The number of carbonyl (C=O) groups is 1. The highest BCUT2D eigenvalue weighted by molar-refractivity contribution is 7.89. The zero-order valence-corrected chi connectivity index (χ0v) is 17.3. The van der Waals surface area contributed by atoms with Gasteiger partial charge in [0.05, 0.1) is 4.90 Å². The number of carbonyl (C=O) groups excluding carboxylic acids is 1. The third-order valence-corrected chi connectivity index (χ3v) is 7.19. The fourth-order valence-electron chi connectivity index (χ4n) is 4.06. The summed E-state index contributed by atoms with van der Waals surface area (Å²) in [5.74, 6) is 0.371. The summed E-state index contributed by atoms with van der Waals surface area (Å²) in [6.07, 6.45) is 12.0. The minimum Gasteiger partial charge on any atom is -0.484 e. The van der Waals surface area contributed by atoms with Crippen LogP contribution in [0.5, 0.6) is 5.75 Å². The van der Waals surface area contributed by atoms with E-state index in [1.54, 1.807) is 12.1 Å². The van der Waals surface area contributed by atoms with Crippen LogP contribution in [-0.4, -0.2) is 33.0 Å². The maximum atomic E-state index is 12.5. The van der Waals surface area contributed by atoms with Gasteiger partial charge in [-0.15, -0.1) is 0 Å². The first-order valence-corrected chi connectivity index (χ1v) is 12.1. The monoisotopic (exact) mass is 408 g/mol. The molecule has 28 heavy (non-hydrogen) atoms. The molecule has 0 atom stereocenters. The molecule has 1 aromatic carbocycles. The van der Waals surface area contributed by atoms with E-state index in [0.29, 0.717) is 5.75 Å². The lowest BCUT2D eigenvalue weighted by molar-refractivity contribution is -0.123. The molecule has 0 aliphatic heterocycles. The number of benzene rings is 1. The van der Waals surface area contributed by atoms with Gasteiger partial charge in [0.15, 0.2) is 6.61 Å². The van der Waals surface area contributed by atoms with E-state index in [2.05, 4.69) is 10.0 Å². The third kappa shape index (κ3) is 6.48. The summed E-state index contributed by atoms with van der Waals surface area (Å²) in [7, 11) is -3.52. The van der Waals surface area contributed by atoms with Crippen molar-refractivity contribution in [1.82, 2.24) is 10.0 Å². The van der Waals surface area contributed by atoms with Crippen molar-refractivity contribution in [3.05, 3.63) is 24.3 Å². The molecule has 0 unspecified atom stereocenters. The number of rotatable bonds is 7. The van der Waals surface area contributed by atoms with Crippen molar-refractivity contribution in [1.29, 1.82) is 0 Å². The average Bonchev–Trinajstić information content (AvgIpc) is 2.96. The molecule has 1 aromatic rings. The van der Waals surface area contributed by atoms with Crippen molar-refractivity contribution in [2.45, 2.75) is 87.6 Å². The van der Waals surface area contributed by atoms with Crippen LogP contribution in [0.4, 0.5) is 0 Å². The highest BCUT2D eigenvalue weighted by atomic mass is 32.2. The Balaban J connectivity index is 1.47. The van der Waals surface area contributed by atoms with Gasteiger partial charge in [0.2, 0.25) is 10.0 Å². The normalized spacial score (nSPS) is 19.7. The number of amides is 1. The maximum absolute atomic E-state index is 12.5. The van der Waals surface area contributed by atoms with Gasteiger partial charge in [-0.3, -0.25) is 4.79 Å². The Kier molecular flexibility index (Phi) is 7.73. The van der Waals surface area contributed by atoms with Crippen molar-refractivity contribution < 1.29 is 17.9 Å². The van der Waals surface area contributed by atoms with Crippen LogP contribution in [0.3, 0.4) is 0 Å². The van der Waals surface area contributed by atoms with Crippen molar-refractivity contribution in [3.8, 4) is 5.75 Å². The molecule has 0 spiro atoms. The Bertz CT molecular complexity index is 719. The van der Waals surface area contributed by atoms with E-state index in [9.17, 15) is 13.2 Å². The molecular weight excluding hydrogens is 376 g/mol. The molecule has 0 aromatic heterocycles. The molecule has 0 heterocycles. The zero-order valence-electron chi connectivity index (χ0n) is 16.5. The summed E-state index contributed by atoms with van der Waals surface area (Å²) in [5.41, 5.74) is 0. The first-order valence-electron chi connectivity index (χ1n) is 10.6. The second-order valence-corrected chi connectivity index (χ2v) is 9.69. The Morgan fingerprint density at radius 3 is 2.00 bits per heavy atom. The molecule has 7 heteroatoms. The van der Waals surface area contributed by atoms with Gasteiger partial charge in [0, 0.05) is 12.1 Å². The lowest BCUT2D eigenvalue weighted by Crippen LogP contribution is -2.37. The highest BCUT2D eigenvalue weighted by Gasteiger charge is 2.22. The van der Waals surface area contributed by atoms with E-state index in [4.69, 9.17) is 4.74 Å². The van der Waals surface area contributed by atoms with Crippen LogP contribution in [0.25, 0.3) is 0 Å². The number of ether oxygens (including phenoxy) is 1. The molecule has 2 saturated carbocycles. The van der Waals surface area contributed by atoms with E-state index in [1.807, 2.05) is 0 Å². The number of hydrogen-bond donors (Lipinski definition) is 2. The number of hydrogen-bond acceptors (Lipinski definition) is 4. The molecule has 2 aliphatic carbocycles. The molecule has 3 rings (SSSR count). The summed E-state index contributed by atoms with van der Waals surface area (Å²) in [6, 6.07) is 6.55. The van der Waals surface area contributed by atoms with E-state index >= 15 is 0 Å². The van der Waals surface area contributed by atoms with Crippen LogP contribution in [0, 0.1) is 0 Å². The van der Waals surface area contributed by atoms with Gasteiger partial charge in [-0.1, -0.05) is 44.9 Å². The fraction of sp³-hybridized carbons (Fsp3) is 0.667. The van der Waals surface area contributed by atoms with Crippen LogP contribution in [0.15, 0.2) is 29.2 Å². The van der Waals surface area contributed by atoms with Crippen molar-refractivity contribution in [2.24, 2.45) is 0 Å². The second kappa shape index (κ2) is 10.3. The van der Waals surface area contributed by atoms with E-state index < -0.39 is 10.0 Å². The van der Waals surface area contributed by atoms with E-state index in [-0.39, 0.29) is 29.5 Å². The van der Waals surface area contributed by atoms with Gasteiger partial charge in [0.1, 0.15) is 5.75 Å². The minimum absolute atomic E-state index is 0.0300. The smallest absolute Gasteiger partial charge is 0.258 e. The van der Waals surface area contributed by atoms with Crippen LogP contribution < -0.4 is 14.8 Å². The lowest BCUT2D eigenvalue weighted by atomic mass is 9.96. The van der Waals surface area contributed by atoms with Gasteiger partial charge >= 0.3 is 0 Å². The lowest BCUT2D eigenvalue weighted by Gasteiger charge is -2.22. The summed E-state index contributed by atoms with van der Waals surface area (Å²) in [4.78, 5) is 12.3. The molecule has 0 bridgehead atoms. The molecule has 0 radical (unpaired) electrons. The molecule has 2 fully saturated rings. The Morgan fingerprint density at radius 2 is 1.39 bits per heavy atom. The van der Waals surface area contributed by atoms with Crippen LogP contribution >= 0.6 is 0 Å². The molecule has 6 nitrogen and oxygen atoms in total. The third-order valence-electron chi connectivity index (χ3n) is 5.65. The predicted molar refractivity (Wildman–Crippen MR) is 109 cm³/mol. The minimum atomic E-state index is -3.52. The maximum Gasteiger partial charge on any atom is 0.258 e. The Labute approximate surface area is 168 Å². The standard InChI is InChI=1S/C21H32N2O4S/c24-21(22-17-8-4-1-2-5-9-17)16-27-19-12-14-20(15-13-19)28(25,26)23-18-10-6-3-7-11-18/h12-15,17-18,23H,1-11,16H2,(H,22,24). The number of nitrogens with one attached hydrogen (secondary N) is 2. The van der Waals surface area contributed by atoms with E-state index in [0.717, 1.165) is 51.4 Å². The summed E-state index contributed by atoms with van der Waals surface area (Å²) < 4.78 is 33.4. The highest BCUT2D eigenvalue weighted by Crippen LogP contribution is 2.21. The Morgan fingerprint density at radius 1 is 0.857 bits per heavy atom. The van der Waals surface area contributed by atoms with Gasteiger partial charge in [-0.25, -0.2) is 13.1 Å². The first-order chi connectivity index (χ1) is 13.5. The summed E-state index contributed by atoms with van der Waals surface area (Å²) in [5, 5.41) is 3.04. The molecule has 0 saturated heterocycles. The Hall–Kier alpha value is -1.60. The average molecular weight is 409 g/mol. The molecule has 1 amide bonds. The zero-order chi connectivity index (χ0) is 19.8. The van der Waals surface area contributed by atoms with Crippen LogP contribution in [-0.2, 0) is 14.8 Å². The topological polar surface area (TPSA) is 84.5 Å². The van der Waals surface area contributed by atoms with Crippen LogP contribution in [0.1, 0.15) is 70.6 Å². The fourth-order valence-corrected chi connectivity index (χ4v) is 5.37. The SMILES string of the molecule is O=C(COc1ccc(S(=O)(=O)NC2CCCCC2)cc1)NC1CCCCCC1. The summed E-state index contributed by atoms with van der Waals surface area (Å²) in [6.45, 7) is -0.0527. The molecule has 156 valence electrons. The van der Waals surface area contributed by atoms with Gasteiger partial charge < -0.3 is 10.1 Å². The van der Waals surface area contributed by atoms with Gasteiger partial charge in [-0.05, 0) is 49.9 Å². The second-order valence-electron chi connectivity index (χ2n) is 7.97. The molecule has 2 N–H and O–H groups in total.